The molecule has 2 aromatic carbocycles. The first-order chi connectivity index (χ1) is 14.4. The lowest BCUT2D eigenvalue weighted by atomic mass is 10.1. The number of esters is 1. The average molecular weight is 410 g/mol. The number of carbonyl (C=O) groups is 1. The quantitative estimate of drug-likeness (QED) is 0.212. The van der Waals surface area contributed by atoms with Crippen LogP contribution in [0.1, 0.15) is 15.9 Å². The Hall–Kier alpha value is -3.72. The zero-order valence-electron chi connectivity index (χ0n) is 16.1. The van der Waals surface area contributed by atoms with E-state index >= 15 is 0 Å². The minimum Gasteiger partial charge on any atom is -0.423 e. The predicted octanol–water partition coefficient (Wildman–Crippen LogP) is 3.07. The fourth-order valence-electron chi connectivity index (χ4n) is 3.40. The van der Waals surface area contributed by atoms with E-state index in [1.54, 1.807) is 25.1 Å². The minimum atomic E-state index is -0.749. The van der Waals surface area contributed by atoms with Crippen LogP contribution in [0.5, 0.6) is 5.75 Å². The molecule has 3 aromatic rings. The van der Waals surface area contributed by atoms with Gasteiger partial charge in [0.15, 0.2) is 0 Å². The second kappa shape index (κ2) is 7.96. The lowest BCUT2D eigenvalue weighted by Crippen LogP contribution is -2.36. The molecule has 1 fully saturated rings. The first-order valence-electron chi connectivity index (χ1n) is 9.30. The molecule has 0 amide bonds. The molecule has 9 nitrogen and oxygen atoms in total. The number of carbonyl (C=O) groups excluding carboxylic acids is 1. The number of nitrogens with zero attached hydrogens (tertiary/aromatic N) is 2. The van der Waals surface area contributed by atoms with Gasteiger partial charge >= 0.3 is 11.6 Å². The van der Waals surface area contributed by atoms with Crippen LogP contribution in [-0.2, 0) is 4.74 Å². The Kier molecular flexibility index (Phi) is 5.20. The van der Waals surface area contributed by atoms with Gasteiger partial charge in [-0.2, -0.15) is 0 Å². The van der Waals surface area contributed by atoms with Gasteiger partial charge in [-0.3, -0.25) is 10.1 Å². The summed E-state index contributed by atoms with van der Waals surface area (Å²) in [5.74, 6) is -0.581. The molecule has 0 atom stereocenters. The molecule has 0 radical (unpaired) electrons. The van der Waals surface area contributed by atoms with E-state index in [4.69, 9.17) is 13.9 Å². The van der Waals surface area contributed by atoms with E-state index in [0.29, 0.717) is 37.6 Å². The van der Waals surface area contributed by atoms with E-state index in [-0.39, 0.29) is 17.0 Å². The Labute approximate surface area is 170 Å². The number of benzene rings is 2. The fourth-order valence-corrected chi connectivity index (χ4v) is 3.40. The normalized spacial score (nSPS) is 14.0. The second-order valence-corrected chi connectivity index (χ2v) is 6.86. The molecule has 0 saturated carbocycles. The van der Waals surface area contributed by atoms with Gasteiger partial charge in [0.05, 0.1) is 23.7 Å². The molecule has 0 N–H and O–H groups in total. The van der Waals surface area contributed by atoms with Crippen molar-refractivity contribution < 1.29 is 23.6 Å². The Morgan fingerprint density at radius 3 is 2.63 bits per heavy atom. The highest BCUT2D eigenvalue weighted by Gasteiger charge is 2.24. The highest BCUT2D eigenvalue weighted by molar-refractivity contribution is 5.93. The molecule has 154 valence electrons. The summed E-state index contributed by atoms with van der Waals surface area (Å²) < 4.78 is 15.8. The molecule has 1 aliphatic heterocycles. The van der Waals surface area contributed by atoms with Crippen molar-refractivity contribution in [3.63, 3.8) is 0 Å². The van der Waals surface area contributed by atoms with Crippen molar-refractivity contribution in [3.8, 4) is 5.75 Å². The maximum absolute atomic E-state index is 12.6. The largest absolute Gasteiger partial charge is 0.423 e. The third-order valence-electron chi connectivity index (χ3n) is 4.89. The maximum atomic E-state index is 12.6. The molecule has 1 aromatic heterocycles. The molecule has 30 heavy (non-hydrogen) atoms. The van der Waals surface area contributed by atoms with Crippen LogP contribution in [0.15, 0.2) is 51.7 Å². The summed E-state index contributed by atoms with van der Waals surface area (Å²) in [5.41, 5.74) is 0.837. The van der Waals surface area contributed by atoms with Crippen LogP contribution in [0.25, 0.3) is 11.0 Å². The lowest BCUT2D eigenvalue weighted by molar-refractivity contribution is -0.384. The van der Waals surface area contributed by atoms with Crippen LogP contribution in [0.4, 0.5) is 11.4 Å². The van der Waals surface area contributed by atoms with Gasteiger partial charge in [0.2, 0.25) is 0 Å². The van der Waals surface area contributed by atoms with Crippen LogP contribution in [0.2, 0.25) is 0 Å². The summed E-state index contributed by atoms with van der Waals surface area (Å²) in [6, 6.07) is 10.3. The summed E-state index contributed by atoms with van der Waals surface area (Å²) in [6.07, 6.45) is 0. The SMILES string of the molecule is Cc1cc(=O)oc2cc(OC(=O)c3ccc(N4CCOCC4)c([N+](=O)[O-])c3)ccc12. The number of morpholine rings is 1. The van der Waals surface area contributed by atoms with E-state index in [0.717, 1.165) is 10.9 Å². The first-order valence-corrected chi connectivity index (χ1v) is 9.30. The van der Waals surface area contributed by atoms with Crippen LogP contribution in [0, 0.1) is 17.0 Å². The number of nitro benzene ring substituents is 1. The summed E-state index contributed by atoms with van der Waals surface area (Å²) in [6.45, 7) is 3.82. The van der Waals surface area contributed by atoms with Gasteiger partial charge in [0.1, 0.15) is 17.0 Å². The van der Waals surface area contributed by atoms with Crippen molar-refractivity contribution in [2.75, 3.05) is 31.2 Å². The van der Waals surface area contributed by atoms with Crippen LogP contribution in [-0.4, -0.2) is 37.2 Å². The Morgan fingerprint density at radius 2 is 1.90 bits per heavy atom. The van der Waals surface area contributed by atoms with Gasteiger partial charge in [-0.05, 0) is 36.8 Å². The standard InChI is InChI=1S/C21H18N2O7/c1-13-10-20(24)30-19-12-15(3-4-16(13)19)29-21(25)14-2-5-17(18(11-14)23(26)27)22-6-8-28-9-7-22/h2-5,10-12H,6-9H2,1H3. The number of hydrogen-bond donors (Lipinski definition) is 0. The highest BCUT2D eigenvalue weighted by Crippen LogP contribution is 2.30. The molecule has 0 bridgehead atoms. The van der Waals surface area contributed by atoms with Crippen molar-refractivity contribution in [1.82, 2.24) is 0 Å². The molecule has 9 heteroatoms. The van der Waals surface area contributed by atoms with Crippen molar-refractivity contribution in [3.05, 3.63) is 74.1 Å². The number of anilines is 1. The maximum Gasteiger partial charge on any atom is 0.343 e. The lowest BCUT2D eigenvalue weighted by Gasteiger charge is -2.28. The molecule has 0 unspecified atom stereocenters. The smallest absolute Gasteiger partial charge is 0.343 e. The minimum absolute atomic E-state index is 0.0458. The molecule has 2 heterocycles. The van der Waals surface area contributed by atoms with Gasteiger partial charge in [-0.1, -0.05) is 0 Å². The van der Waals surface area contributed by atoms with Crippen molar-refractivity contribution in [1.29, 1.82) is 0 Å². The number of aryl methyl sites for hydroxylation is 1. The summed E-state index contributed by atoms with van der Waals surface area (Å²) >= 11 is 0. The molecule has 0 spiro atoms. The third-order valence-corrected chi connectivity index (χ3v) is 4.89. The number of ether oxygens (including phenoxy) is 2. The molecule has 0 aliphatic carbocycles. The molecule has 1 aliphatic rings. The number of rotatable bonds is 4. The zero-order valence-corrected chi connectivity index (χ0v) is 16.1. The van der Waals surface area contributed by atoms with E-state index in [2.05, 4.69) is 0 Å². The monoisotopic (exact) mass is 410 g/mol. The van der Waals surface area contributed by atoms with E-state index < -0.39 is 16.5 Å². The topological polar surface area (TPSA) is 112 Å². The zero-order chi connectivity index (χ0) is 21.3. The average Bonchev–Trinajstić information content (AvgIpc) is 2.73. The number of nitro groups is 1. The Bertz CT molecular complexity index is 1200. The molecule has 4 rings (SSSR count). The van der Waals surface area contributed by atoms with Crippen molar-refractivity contribution in [2.24, 2.45) is 0 Å². The molecule has 1 saturated heterocycles. The van der Waals surface area contributed by atoms with E-state index in [1.807, 2.05) is 4.90 Å². The van der Waals surface area contributed by atoms with Crippen LogP contribution >= 0.6 is 0 Å². The molecular weight excluding hydrogens is 392 g/mol. The summed E-state index contributed by atoms with van der Waals surface area (Å²) in [5, 5.41) is 12.3. The second-order valence-electron chi connectivity index (χ2n) is 6.86. The van der Waals surface area contributed by atoms with Gasteiger partial charge in [0, 0.05) is 36.7 Å². The van der Waals surface area contributed by atoms with Gasteiger partial charge in [0.25, 0.3) is 5.69 Å². The Balaban J connectivity index is 1.61. The predicted molar refractivity (Wildman–Crippen MR) is 108 cm³/mol. The first kappa shape index (κ1) is 19.6. The molecular formula is C21H18N2O7. The van der Waals surface area contributed by atoms with Crippen LogP contribution in [0.3, 0.4) is 0 Å². The number of fused-ring (bicyclic) bond motifs is 1. The fraction of sp³-hybridized carbons (Fsp3) is 0.238. The van der Waals surface area contributed by atoms with Gasteiger partial charge in [-0.25, -0.2) is 9.59 Å². The van der Waals surface area contributed by atoms with E-state index in [1.165, 1.54) is 24.3 Å². The van der Waals surface area contributed by atoms with Crippen LogP contribution < -0.4 is 15.3 Å². The van der Waals surface area contributed by atoms with Crippen molar-refractivity contribution >= 4 is 28.3 Å². The Morgan fingerprint density at radius 1 is 1.13 bits per heavy atom. The van der Waals surface area contributed by atoms with Gasteiger partial charge in [-0.15, -0.1) is 0 Å². The number of hydrogen-bond acceptors (Lipinski definition) is 8. The highest BCUT2D eigenvalue weighted by atomic mass is 16.6. The third kappa shape index (κ3) is 3.87. The summed E-state index contributed by atoms with van der Waals surface area (Å²) in [4.78, 5) is 37.0. The van der Waals surface area contributed by atoms with Crippen molar-refractivity contribution in [2.45, 2.75) is 6.92 Å². The van der Waals surface area contributed by atoms with Gasteiger partial charge < -0.3 is 18.8 Å². The summed E-state index contributed by atoms with van der Waals surface area (Å²) in [7, 11) is 0. The van der Waals surface area contributed by atoms with E-state index in [9.17, 15) is 19.7 Å².